The summed E-state index contributed by atoms with van der Waals surface area (Å²) < 4.78 is 5.68. The lowest BCUT2D eigenvalue weighted by Gasteiger charge is -2.06. The van der Waals surface area contributed by atoms with Crippen molar-refractivity contribution < 1.29 is 19.1 Å². The molecular formula is C16H20N4O5S. The van der Waals surface area contributed by atoms with E-state index in [-0.39, 0.29) is 24.6 Å². The topological polar surface area (TPSA) is 119 Å². The summed E-state index contributed by atoms with van der Waals surface area (Å²) in [5.74, 6) is -1.34. The maximum absolute atomic E-state index is 12.7. The third-order valence-electron chi connectivity index (χ3n) is 3.63. The predicted molar refractivity (Wildman–Crippen MR) is 96.3 cm³/mol. The standard InChI is InChI=1S/C16H20N4O5S/c1-4-5-17-10(21)7-20-8-19-15-12(16(20)24)9(2)13(26-15)14(23)18-6-11(22)25-3/h8H,4-7H2,1-3H3,(H,17,21)(H,18,23). The molecule has 2 rings (SSSR count). The Morgan fingerprint density at radius 3 is 2.69 bits per heavy atom. The van der Waals surface area contributed by atoms with Crippen molar-refractivity contribution in [2.45, 2.75) is 26.8 Å². The molecule has 2 heterocycles. The van der Waals surface area contributed by atoms with E-state index < -0.39 is 11.9 Å². The number of ether oxygens (including phenoxy) is 1. The van der Waals surface area contributed by atoms with Crippen molar-refractivity contribution in [3.8, 4) is 0 Å². The van der Waals surface area contributed by atoms with Crippen LogP contribution >= 0.6 is 11.3 Å². The highest BCUT2D eigenvalue weighted by Gasteiger charge is 2.20. The van der Waals surface area contributed by atoms with Gasteiger partial charge >= 0.3 is 5.97 Å². The maximum Gasteiger partial charge on any atom is 0.325 e. The highest BCUT2D eigenvalue weighted by Crippen LogP contribution is 2.26. The molecule has 26 heavy (non-hydrogen) atoms. The fraction of sp³-hybridized carbons (Fsp3) is 0.438. The van der Waals surface area contributed by atoms with Crippen LogP contribution in [-0.2, 0) is 20.9 Å². The molecular weight excluding hydrogens is 360 g/mol. The Balaban J connectivity index is 2.29. The molecule has 0 aromatic carbocycles. The van der Waals surface area contributed by atoms with Crippen molar-refractivity contribution in [3.63, 3.8) is 0 Å². The van der Waals surface area contributed by atoms with Crippen LogP contribution in [0.2, 0.25) is 0 Å². The molecule has 2 aromatic heterocycles. The van der Waals surface area contributed by atoms with Crippen LogP contribution in [0.25, 0.3) is 10.2 Å². The van der Waals surface area contributed by atoms with Gasteiger partial charge in [-0.25, -0.2) is 4.98 Å². The molecule has 0 fully saturated rings. The minimum absolute atomic E-state index is 0.138. The lowest BCUT2D eigenvalue weighted by atomic mass is 10.2. The zero-order valence-corrected chi connectivity index (χ0v) is 15.6. The van der Waals surface area contributed by atoms with E-state index in [2.05, 4.69) is 20.4 Å². The second kappa shape index (κ2) is 8.56. The SMILES string of the molecule is CCCNC(=O)Cn1cnc2sc(C(=O)NCC(=O)OC)c(C)c2c1=O. The van der Waals surface area contributed by atoms with Crippen molar-refractivity contribution in [2.24, 2.45) is 0 Å². The van der Waals surface area contributed by atoms with Gasteiger partial charge in [0.1, 0.15) is 17.9 Å². The summed E-state index contributed by atoms with van der Waals surface area (Å²) >= 11 is 1.06. The quantitative estimate of drug-likeness (QED) is 0.662. The molecule has 10 heteroatoms. The normalized spacial score (nSPS) is 10.6. The molecule has 0 unspecified atom stereocenters. The van der Waals surface area contributed by atoms with Crippen LogP contribution in [0, 0.1) is 6.92 Å². The van der Waals surface area contributed by atoms with Crippen LogP contribution < -0.4 is 16.2 Å². The number of nitrogens with zero attached hydrogens (tertiary/aromatic N) is 2. The lowest BCUT2D eigenvalue weighted by molar-refractivity contribution is -0.139. The number of hydrogen-bond donors (Lipinski definition) is 2. The van der Waals surface area contributed by atoms with Gasteiger partial charge in [-0.15, -0.1) is 11.3 Å². The number of aryl methyl sites for hydroxylation is 1. The molecule has 0 aliphatic rings. The number of esters is 1. The number of rotatable bonds is 7. The summed E-state index contributed by atoms with van der Waals surface area (Å²) in [5.41, 5.74) is 0.0793. The number of methoxy groups -OCH3 is 1. The molecule has 0 radical (unpaired) electrons. The molecule has 2 aromatic rings. The number of aromatic nitrogens is 2. The van der Waals surface area contributed by atoms with Crippen LogP contribution in [0.15, 0.2) is 11.1 Å². The summed E-state index contributed by atoms with van der Waals surface area (Å²) in [6.45, 7) is 3.70. The fourth-order valence-corrected chi connectivity index (χ4v) is 3.32. The molecule has 0 bridgehead atoms. The first-order valence-electron chi connectivity index (χ1n) is 7.99. The smallest absolute Gasteiger partial charge is 0.325 e. The zero-order valence-electron chi connectivity index (χ0n) is 14.7. The monoisotopic (exact) mass is 380 g/mol. The summed E-state index contributed by atoms with van der Waals surface area (Å²) in [5, 5.41) is 5.43. The molecule has 0 aliphatic carbocycles. The predicted octanol–water partition coefficient (Wildman–Crippen LogP) is 0.195. The van der Waals surface area contributed by atoms with Crippen LogP contribution in [0.1, 0.15) is 28.6 Å². The third-order valence-corrected chi connectivity index (χ3v) is 4.83. The maximum atomic E-state index is 12.7. The number of fused-ring (bicyclic) bond motifs is 1. The number of carbonyl (C=O) groups excluding carboxylic acids is 3. The Labute approximate surface area is 153 Å². The number of nitrogens with one attached hydrogen (secondary N) is 2. The molecule has 0 atom stereocenters. The number of hydrogen-bond acceptors (Lipinski definition) is 7. The molecule has 0 spiro atoms. The van der Waals surface area contributed by atoms with Crippen molar-refractivity contribution >= 4 is 39.3 Å². The Kier molecular flexibility index (Phi) is 6.45. The van der Waals surface area contributed by atoms with E-state index in [1.54, 1.807) is 6.92 Å². The minimum atomic E-state index is -0.573. The minimum Gasteiger partial charge on any atom is -0.468 e. The van der Waals surface area contributed by atoms with Gasteiger partial charge in [-0.2, -0.15) is 0 Å². The third kappa shape index (κ3) is 4.26. The van der Waals surface area contributed by atoms with Crippen molar-refractivity contribution in [1.29, 1.82) is 0 Å². The van der Waals surface area contributed by atoms with E-state index in [0.717, 1.165) is 17.8 Å². The molecule has 9 nitrogen and oxygen atoms in total. The van der Waals surface area contributed by atoms with E-state index in [0.29, 0.717) is 27.2 Å². The first kappa shape index (κ1) is 19.6. The van der Waals surface area contributed by atoms with Gasteiger partial charge in [0.15, 0.2) is 0 Å². The van der Waals surface area contributed by atoms with Gasteiger partial charge < -0.3 is 15.4 Å². The Hall–Kier alpha value is -2.75. The summed E-state index contributed by atoms with van der Waals surface area (Å²) in [6, 6.07) is 0. The largest absolute Gasteiger partial charge is 0.468 e. The average molecular weight is 380 g/mol. The second-order valence-electron chi connectivity index (χ2n) is 5.52. The fourth-order valence-electron chi connectivity index (χ4n) is 2.27. The van der Waals surface area contributed by atoms with E-state index in [4.69, 9.17) is 0 Å². The van der Waals surface area contributed by atoms with Crippen LogP contribution in [0.5, 0.6) is 0 Å². The van der Waals surface area contributed by atoms with Crippen molar-refractivity contribution in [3.05, 3.63) is 27.1 Å². The van der Waals surface area contributed by atoms with Crippen LogP contribution in [0.3, 0.4) is 0 Å². The van der Waals surface area contributed by atoms with Gasteiger partial charge in [-0.1, -0.05) is 6.92 Å². The van der Waals surface area contributed by atoms with Gasteiger partial charge in [0, 0.05) is 6.54 Å². The van der Waals surface area contributed by atoms with E-state index in [1.165, 1.54) is 18.0 Å². The Morgan fingerprint density at radius 2 is 2.04 bits per heavy atom. The summed E-state index contributed by atoms with van der Waals surface area (Å²) in [4.78, 5) is 52.7. The zero-order chi connectivity index (χ0) is 19.3. The number of amides is 2. The molecule has 2 N–H and O–H groups in total. The van der Waals surface area contributed by atoms with Gasteiger partial charge in [0.25, 0.3) is 11.5 Å². The molecule has 0 saturated carbocycles. The van der Waals surface area contributed by atoms with E-state index in [1.807, 2.05) is 6.92 Å². The van der Waals surface area contributed by atoms with Gasteiger partial charge in [0.2, 0.25) is 5.91 Å². The van der Waals surface area contributed by atoms with Gasteiger partial charge in [-0.05, 0) is 18.9 Å². The van der Waals surface area contributed by atoms with Gasteiger partial charge in [-0.3, -0.25) is 23.7 Å². The molecule has 0 aliphatic heterocycles. The van der Waals surface area contributed by atoms with E-state index >= 15 is 0 Å². The van der Waals surface area contributed by atoms with Crippen LogP contribution in [0.4, 0.5) is 0 Å². The Bertz CT molecular complexity index is 902. The Morgan fingerprint density at radius 1 is 1.31 bits per heavy atom. The first-order chi connectivity index (χ1) is 12.4. The summed E-state index contributed by atoms with van der Waals surface area (Å²) in [7, 11) is 1.22. The number of thiophene rings is 1. The van der Waals surface area contributed by atoms with Crippen molar-refractivity contribution in [2.75, 3.05) is 20.2 Å². The highest BCUT2D eigenvalue weighted by molar-refractivity contribution is 7.20. The molecule has 0 saturated heterocycles. The van der Waals surface area contributed by atoms with E-state index in [9.17, 15) is 19.2 Å². The van der Waals surface area contributed by atoms with Gasteiger partial charge in [0.05, 0.1) is 23.7 Å². The first-order valence-corrected chi connectivity index (χ1v) is 8.80. The lowest BCUT2D eigenvalue weighted by Crippen LogP contribution is -2.32. The second-order valence-corrected chi connectivity index (χ2v) is 6.52. The van der Waals surface area contributed by atoms with Crippen LogP contribution in [-0.4, -0.2) is 47.5 Å². The highest BCUT2D eigenvalue weighted by atomic mass is 32.1. The van der Waals surface area contributed by atoms with Crippen molar-refractivity contribution in [1.82, 2.24) is 20.2 Å². The summed E-state index contributed by atoms with van der Waals surface area (Å²) in [6.07, 6.45) is 2.09. The molecule has 140 valence electrons. The number of carbonyl (C=O) groups is 3. The molecule has 2 amide bonds. The average Bonchev–Trinajstić information content (AvgIpc) is 2.97.